The summed E-state index contributed by atoms with van der Waals surface area (Å²) in [7, 11) is 1.94. The second-order valence-electron chi connectivity index (χ2n) is 5.22. The molecule has 5 nitrogen and oxygen atoms in total. The van der Waals surface area contributed by atoms with Gasteiger partial charge in [0.05, 0.1) is 5.60 Å². The molecule has 0 bridgehead atoms. The number of nitrogens with one attached hydrogen (secondary N) is 1. The van der Waals surface area contributed by atoms with Crippen molar-refractivity contribution in [2.24, 2.45) is 7.05 Å². The zero-order valence-corrected chi connectivity index (χ0v) is 13.6. The Hall–Kier alpha value is -0.940. The molecular weight excluding hydrogens is 252 g/mol. The lowest BCUT2D eigenvalue weighted by Crippen LogP contribution is -2.53. The van der Waals surface area contributed by atoms with Crippen LogP contribution in [0.4, 0.5) is 0 Å². The number of hydrogen-bond donors (Lipinski definition) is 1. The van der Waals surface area contributed by atoms with Crippen LogP contribution in [0.25, 0.3) is 0 Å². The van der Waals surface area contributed by atoms with Gasteiger partial charge in [-0.2, -0.15) is 5.10 Å². The first-order valence-electron chi connectivity index (χ1n) is 7.83. The van der Waals surface area contributed by atoms with Crippen molar-refractivity contribution in [2.45, 2.75) is 65.0 Å². The molecule has 1 unspecified atom stereocenters. The highest BCUT2D eigenvalue weighted by molar-refractivity contribution is 4.99. The third kappa shape index (κ3) is 4.03. The van der Waals surface area contributed by atoms with Crippen LogP contribution >= 0.6 is 0 Å². The Labute approximate surface area is 123 Å². The Morgan fingerprint density at radius 3 is 2.45 bits per heavy atom. The van der Waals surface area contributed by atoms with Gasteiger partial charge < -0.3 is 10.1 Å². The summed E-state index contributed by atoms with van der Waals surface area (Å²) in [5.41, 5.74) is -0.129. The molecule has 1 aromatic rings. The smallest absolute Gasteiger partial charge is 0.138 e. The quantitative estimate of drug-likeness (QED) is 0.715. The van der Waals surface area contributed by atoms with Gasteiger partial charge in [-0.05, 0) is 32.7 Å². The summed E-state index contributed by atoms with van der Waals surface area (Å²) in [6, 6.07) is 0.264. The third-order valence-electron chi connectivity index (χ3n) is 4.10. The summed E-state index contributed by atoms with van der Waals surface area (Å²) in [5, 5.41) is 7.82. The predicted molar refractivity (Wildman–Crippen MR) is 81.7 cm³/mol. The molecule has 0 saturated carbocycles. The van der Waals surface area contributed by atoms with Crippen molar-refractivity contribution in [1.82, 2.24) is 20.1 Å². The van der Waals surface area contributed by atoms with E-state index in [4.69, 9.17) is 4.74 Å². The lowest BCUT2D eigenvalue weighted by Gasteiger charge is -2.40. The molecule has 1 atom stereocenters. The van der Waals surface area contributed by atoms with E-state index in [0.717, 1.165) is 44.7 Å². The van der Waals surface area contributed by atoms with Crippen molar-refractivity contribution >= 4 is 0 Å². The van der Waals surface area contributed by atoms with E-state index in [0.29, 0.717) is 0 Å². The zero-order chi connectivity index (χ0) is 15.0. The van der Waals surface area contributed by atoms with Crippen LogP contribution in [0.3, 0.4) is 0 Å². The average molecular weight is 282 g/mol. The summed E-state index contributed by atoms with van der Waals surface area (Å²) in [5.74, 6) is 1.00. The van der Waals surface area contributed by atoms with Crippen LogP contribution < -0.4 is 5.32 Å². The molecule has 1 aromatic heterocycles. The normalized spacial score (nSPS) is 13.7. The minimum absolute atomic E-state index is 0.129. The first kappa shape index (κ1) is 17.1. The molecular formula is C15H30N4O. The summed E-state index contributed by atoms with van der Waals surface area (Å²) >= 11 is 0. The lowest BCUT2D eigenvalue weighted by atomic mass is 9.85. The highest BCUT2D eigenvalue weighted by Crippen LogP contribution is 2.27. The monoisotopic (exact) mass is 282 g/mol. The maximum atomic E-state index is 6.16. The van der Waals surface area contributed by atoms with Crippen molar-refractivity contribution in [1.29, 1.82) is 0 Å². The molecule has 1 heterocycles. The topological polar surface area (TPSA) is 52.0 Å². The van der Waals surface area contributed by atoms with Gasteiger partial charge in [-0.1, -0.05) is 20.8 Å². The molecule has 0 spiro atoms. The number of aromatic nitrogens is 3. The van der Waals surface area contributed by atoms with Crippen molar-refractivity contribution in [3.8, 4) is 0 Å². The molecule has 0 saturated heterocycles. The van der Waals surface area contributed by atoms with Gasteiger partial charge in [0.2, 0.25) is 0 Å². The van der Waals surface area contributed by atoms with Crippen LogP contribution in [0, 0.1) is 0 Å². The largest absolute Gasteiger partial charge is 0.374 e. The summed E-state index contributed by atoms with van der Waals surface area (Å²) in [4.78, 5) is 4.36. The summed E-state index contributed by atoms with van der Waals surface area (Å²) in [6.45, 7) is 10.4. The molecule has 116 valence electrons. The van der Waals surface area contributed by atoms with E-state index in [1.807, 2.05) is 11.7 Å². The van der Waals surface area contributed by atoms with Gasteiger partial charge in [0.15, 0.2) is 0 Å². The molecule has 5 heteroatoms. The number of aryl methyl sites for hydroxylation is 1. The van der Waals surface area contributed by atoms with Gasteiger partial charge in [0.25, 0.3) is 0 Å². The molecule has 1 rings (SSSR count). The van der Waals surface area contributed by atoms with Crippen LogP contribution in [0.2, 0.25) is 0 Å². The maximum Gasteiger partial charge on any atom is 0.138 e. The molecule has 0 radical (unpaired) electrons. The standard InChI is InChI=1S/C15H30N4O/c1-6-10-16-13(11-14-17-12-18-19(14)5)15(7-2,8-3)20-9-4/h12-13,16H,6-11H2,1-5H3. The van der Waals surface area contributed by atoms with Gasteiger partial charge in [-0.15, -0.1) is 0 Å². The SMILES string of the molecule is CCCNC(Cc1ncnn1C)C(CC)(CC)OCC. The van der Waals surface area contributed by atoms with Gasteiger partial charge in [-0.3, -0.25) is 4.68 Å². The lowest BCUT2D eigenvalue weighted by molar-refractivity contribution is -0.0723. The van der Waals surface area contributed by atoms with E-state index in [-0.39, 0.29) is 11.6 Å². The molecule has 0 aliphatic rings. The molecule has 1 N–H and O–H groups in total. The maximum absolute atomic E-state index is 6.16. The number of nitrogens with zero attached hydrogens (tertiary/aromatic N) is 3. The molecule has 0 fully saturated rings. The fourth-order valence-electron chi connectivity index (χ4n) is 2.79. The fraction of sp³-hybridized carbons (Fsp3) is 0.867. The minimum atomic E-state index is -0.129. The molecule has 0 aliphatic heterocycles. The van der Waals surface area contributed by atoms with Gasteiger partial charge in [0, 0.05) is 26.1 Å². The first-order valence-corrected chi connectivity index (χ1v) is 7.83. The van der Waals surface area contributed by atoms with E-state index in [1.54, 1.807) is 6.33 Å². The first-order chi connectivity index (χ1) is 9.63. The van der Waals surface area contributed by atoms with E-state index < -0.39 is 0 Å². The van der Waals surface area contributed by atoms with Crippen LogP contribution in [0.1, 0.15) is 52.8 Å². The number of rotatable bonds is 10. The van der Waals surface area contributed by atoms with E-state index in [2.05, 4.69) is 43.1 Å². The van der Waals surface area contributed by atoms with Crippen molar-refractivity contribution < 1.29 is 4.74 Å². The van der Waals surface area contributed by atoms with Crippen LogP contribution in [-0.4, -0.2) is 39.6 Å². The van der Waals surface area contributed by atoms with Crippen molar-refractivity contribution in [3.63, 3.8) is 0 Å². The Kier molecular flexibility index (Phi) is 7.16. The molecule has 0 amide bonds. The highest BCUT2D eigenvalue weighted by Gasteiger charge is 2.36. The van der Waals surface area contributed by atoms with Crippen molar-refractivity contribution in [3.05, 3.63) is 12.2 Å². The second kappa shape index (κ2) is 8.37. The molecule has 0 aliphatic carbocycles. The summed E-state index contributed by atoms with van der Waals surface area (Å²) < 4.78 is 8.01. The predicted octanol–water partition coefficient (Wildman–Crippen LogP) is 2.32. The molecule has 0 aromatic carbocycles. The van der Waals surface area contributed by atoms with E-state index in [9.17, 15) is 0 Å². The number of hydrogen-bond acceptors (Lipinski definition) is 4. The highest BCUT2D eigenvalue weighted by atomic mass is 16.5. The number of ether oxygens (including phenoxy) is 1. The van der Waals surface area contributed by atoms with Crippen LogP contribution in [-0.2, 0) is 18.2 Å². The van der Waals surface area contributed by atoms with E-state index in [1.165, 1.54) is 0 Å². The van der Waals surface area contributed by atoms with Crippen LogP contribution in [0.5, 0.6) is 0 Å². The Bertz CT molecular complexity index is 374. The van der Waals surface area contributed by atoms with E-state index >= 15 is 0 Å². The molecule has 20 heavy (non-hydrogen) atoms. The zero-order valence-electron chi connectivity index (χ0n) is 13.6. The minimum Gasteiger partial charge on any atom is -0.374 e. The summed E-state index contributed by atoms with van der Waals surface area (Å²) in [6.07, 6.45) is 5.57. The van der Waals surface area contributed by atoms with Gasteiger partial charge in [-0.25, -0.2) is 4.98 Å². The third-order valence-corrected chi connectivity index (χ3v) is 4.10. The van der Waals surface area contributed by atoms with Crippen molar-refractivity contribution in [2.75, 3.05) is 13.2 Å². The van der Waals surface area contributed by atoms with Gasteiger partial charge >= 0.3 is 0 Å². The fourth-order valence-corrected chi connectivity index (χ4v) is 2.79. The van der Waals surface area contributed by atoms with Crippen LogP contribution in [0.15, 0.2) is 6.33 Å². The van der Waals surface area contributed by atoms with Gasteiger partial charge in [0.1, 0.15) is 12.2 Å². The Balaban J connectivity index is 2.93. The Morgan fingerprint density at radius 2 is 2.00 bits per heavy atom. The Morgan fingerprint density at radius 1 is 1.30 bits per heavy atom. The average Bonchev–Trinajstić information content (AvgIpc) is 2.86. The second-order valence-corrected chi connectivity index (χ2v) is 5.22.